The molecule has 3 aromatic heterocycles. The van der Waals surface area contributed by atoms with E-state index >= 15 is 0 Å². The molecular formula is C39H36N6Pt. The van der Waals surface area contributed by atoms with Gasteiger partial charge in [-0.15, -0.1) is 11.4 Å². The number of aromatic nitrogens is 4. The zero-order valence-electron chi connectivity index (χ0n) is 26.2. The Balaban J connectivity index is 0.000000223. The summed E-state index contributed by atoms with van der Waals surface area (Å²) in [4.78, 5) is 11.8. The second kappa shape index (κ2) is 13.1. The van der Waals surface area contributed by atoms with Gasteiger partial charge in [-0.1, -0.05) is 117 Å². The minimum absolute atomic E-state index is 0. The molecule has 7 heteroatoms. The van der Waals surface area contributed by atoms with Crippen LogP contribution >= 0.6 is 0 Å². The first-order chi connectivity index (χ1) is 22.0. The standard InChI is InChI=1S/C27H26N5.C12H10N.Pt/c1-26(2)19-15-16-27(26,3)25-23(19)24(30-31-25)20-12-9-14-22(29-20)32(18-10-5-4-6-11-18)21-13-7-8-17-28-21;1-3-7-11(8-4-1)13-12-9-5-2-6-10-12;/h4-14,17,19H,15-16H2,1-3H3;1-10H;/q2*-1;+2. The van der Waals surface area contributed by atoms with E-state index in [-0.39, 0.29) is 31.9 Å². The van der Waals surface area contributed by atoms with Crippen molar-refractivity contribution in [3.63, 3.8) is 0 Å². The molecule has 2 unspecified atom stereocenters. The minimum Gasteiger partial charge on any atom is -0.658 e. The first-order valence-corrected chi connectivity index (χ1v) is 15.5. The van der Waals surface area contributed by atoms with E-state index in [2.05, 4.69) is 65.3 Å². The van der Waals surface area contributed by atoms with Crippen molar-refractivity contribution in [3.8, 4) is 11.4 Å². The molecule has 2 bridgehead atoms. The average Bonchev–Trinajstić information content (AvgIpc) is 3.67. The Labute approximate surface area is 285 Å². The molecule has 8 rings (SSSR count). The van der Waals surface area contributed by atoms with Gasteiger partial charge in [-0.3, -0.25) is 4.90 Å². The van der Waals surface area contributed by atoms with Crippen LogP contribution in [0.3, 0.4) is 0 Å². The van der Waals surface area contributed by atoms with Gasteiger partial charge in [0.05, 0.1) is 5.69 Å². The summed E-state index contributed by atoms with van der Waals surface area (Å²) in [6.45, 7) is 7.13. The Morgan fingerprint density at radius 2 is 1.33 bits per heavy atom. The van der Waals surface area contributed by atoms with Crippen LogP contribution < -0.4 is 10.00 Å². The van der Waals surface area contributed by atoms with Crippen molar-refractivity contribution in [2.24, 2.45) is 5.41 Å². The maximum absolute atomic E-state index is 5.08. The summed E-state index contributed by atoms with van der Waals surface area (Å²) in [5, 5.41) is 13.8. The fourth-order valence-corrected chi connectivity index (χ4v) is 6.95. The van der Waals surface area contributed by atoms with Crippen molar-refractivity contribution in [3.05, 3.63) is 150 Å². The summed E-state index contributed by atoms with van der Waals surface area (Å²) in [7, 11) is 0. The monoisotopic (exact) mass is 783 g/mol. The average molecular weight is 784 g/mol. The van der Waals surface area contributed by atoms with Gasteiger partial charge < -0.3 is 15.5 Å². The van der Waals surface area contributed by atoms with Gasteiger partial charge in [-0.05, 0) is 66.1 Å². The Bertz CT molecular complexity index is 1800. The second-order valence-electron chi connectivity index (χ2n) is 12.5. The molecule has 3 heterocycles. The maximum atomic E-state index is 5.08. The van der Waals surface area contributed by atoms with E-state index in [1.54, 1.807) is 0 Å². The molecule has 2 aliphatic carbocycles. The maximum Gasteiger partial charge on any atom is 2.00 e. The Morgan fingerprint density at radius 1 is 0.717 bits per heavy atom. The quantitative estimate of drug-likeness (QED) is 0.168. The third kappa shape index (κ3) is 5.67. The smallest absolute Gasteiger partial charge is 0.658 e. The summed E-state index contributed by atoms with van der Waals surface area (Å²) in [5.74, 6) is 2.13. The van der Waals surface area contributed by atoms with Crippen LogP contribution in [0, 0.1) is 5.41 Å². The predicted molar refractivity (Wildman–Crippen MR) is 182 cm³/mol. The SMILES string of the molecule is CC12CCC(c3c1n[n-]c3-c1cccc(N(c3ccccc3)c3ccccn3)n1)C2(C)C.[Pt+2].c1ccc([N-]c2ccccc2)cc1. The fourth-order valence-electron chi connectivity index (χ4n) is 6.95. The van der Waals surface area contributed by atoms with Gasteiger partial charge in [-0.2, -0.15) is 0 Å². The fraction of sp³-hybridized carbons (Fsp3) is 0.205. The molecule has 0 amide bonds. The van der Waals surface area contributed by atoms with Crippen molar-refractivity contribution in [1.82, 2.24) is 20.2 Å². The number of hydrogen-bond donors (Lipinski definition) is 0. The molecular weight excluding hydrogens is 748 g/mol. The van der Waals surface area contributed by atoms with E-state index in [1.807, 2.05) is 109 Å². The zero-order chi connectivity index (χ0) is 30.9. The largest absolute Gasteiger partial charge is 2.00 e. The zero-order valence-corrected chi connectivity index (χ0v) is 28.5. The molecule has 3 aromatic carbocycles. The molecule has 6 aromatic rings. The van der Waals surface area contributed by atoms with Crippen LogP contribution in [-0.4, -0.2) is 15.1 Å². The van der Waals surface area contributed by atoms with Crippen molar-refractivity contribution < 1.29 is 21.1 Å². The Kier molecular flexibility index (Phi) is 8.92. The van der Waals surface area contributed by atoms with Gasteiger partial charge >= 0.3 is 21.1 Å². The molecule has 0 radical (unpaired) electrons. The molecule has 2 atom stereocenters. The number of rotatable bonds is 6. The molecule has 2 aliphatic rings. The van der Waals surface area contributed by atoms with Gasteiger partial charge in [0.2, 0.25) is 0 Å². The van der Waals surface area contributed by atoms with Crippen molar-refractivity contribution in [2.45, 2.75) is 44.9 Å². The number of fused-ring (bicyclic) bond motifs is 5. The molecule has 1 fully saturated rings. The number of anilines is 3. The second-order valence-corrected chi connectivity index (χ2v) is 12.5. The number of pyridine rings is 2. The van der Waals surface area contributed by atoms with Crippen LogP contribution in [0.2, 0.25) is 0 Å². The molecule has 232 valence electrons. The first kappa shape index (κ1) is 31.4. The summed E-state index contributed by atoms with van der Waals surface area (Å²) < 4.78 is 0. The number of para-hydroxylation sites is 3. The minimum atomic E-state index is 0. The number of nitrogens with zero attached hydrogens (tertiary/aromatic N) is 6. The summed E-state index contributed by atoms with van der Waals surface area (Å²) >= 11 is 0. The normalized spacial score (nSPS) is 18.5. The van der Waals surface area contributed by atoms with E-state index in [0.717, 1.165) is 40.1 Å². The van der Waals surface area contributed by atoms with Crippen LogP contribution in [-0.2, 0) is 26.5 Å². The van der Waals surface area contributed by atoms with Crippen molar-refractivity contribution >= 4 is 28.7 Å². The molecule has 1 saturated carbocycles. The van der Waals surface area contributed by atoms with Crippen LogP contribution in [0.25, 0.3) is 16.7 Å². The van der Waals surface area contributed by atoms with E-state index < -0.39 is 0 Å². The van der Waals surface area contributed by atoms with Gasteiger partial charge in [0.15, 0.2) is 0 Å². The Hall–Kier alpha value is -4.54. The summed E-state index contributed by atoms with van der Waals surface area (Å²) in [6.07, 6.45) is 4.19. The first-order valence-electron chi connectivity index (χ1n) is 15.5. The molecule has 6 nitrogen and oxygen atoms in total. The van der Waals surface area contributed by atoms with Crippen molar-refractivity contribution in [2.75, 3.05) is 4.90 Å². The molecule has 0 N–H and O–H groups in total. The van der Waals surface area contributed by atoms with E-state index in [1.165, 1.54) is 24.1 Å². The number of benzene rings is 3. The van der Waals surface area contributed by atoms with E-state index in [4.69, 9.17) is 10.1 Å². The van der Waals surface area contributed by atoms with Crippen LogP contribution in [0.4, 0.5) is 28.7 Å². The molecule has 0 aliphatic heterocycles. The van der Waals surface area contributed by atoms with E-state index in [9.17, 15) is 0 Å². The third-order valence-electron chi connectivity index (χ3n) is 9.73. The van der Waals surface area contributed by atoms with Crippen molar-refractivity contribution in [1.29, 1.82) is 0 Å². The number of hydrogen-bond acceptors (Lipinski definition) is 4. The van der Waals surface area contributed by atoms with Crippen LogP contribution in [0.5, 0.6) is 0 Å². The third-order valence-corrected chi connectivity index (χ3v) is 9.73. The topological polar surface area (TPSA) is 70.1 Å². The van der Waals surface area contributed by atoms with E-state index in [0.29, 0.717) is 5.92 Å². The van der Waals surface area contributed by atoms with Gasteiger partial charge in [0.25, 0.3) is 0 Å². The summed E-state index contributed by atoms with van der Waals surface area (Å²) in [5.41, 5.74) is 7.62. The Morgan fingerprint density at radius 3 is 1.96 bits per heavy atom. The summed E-state index contributed by atoms with van der Waals surface area (Å²) in [6, 6.07) is 42.2. The molecule has 46 heavy (non-hydrogen) atoms. The van der Waals surface area contributed by atoms with Crippen LogP contribution in [0.1, 0.15) is 50.8 Å². The molecule has 0 saturated heterocycles. The predicted octanol–water partition coefficient (Wildman–Crippen LogP) is 10.2. The molecule has 0 spiro atoms. The van der Waals surface area contributed by atoms with Crippen LogP contribution in [0.15, 0.2) is 134 Å². The van der Waals surface area contributed by atoms with Gasteiger partial charge in [0.1, 0.15) is 11.6 Å². The van der Waals surface area contributed by atoms with Gasteiger partial charge in [-0.25, -0.2) is 9.97 Å². The van der Waals surface area contributed by atoms with Gasteiger partial charge in [0, 0.05) is 23.0 Å².